The summed E-state index contributed by atoms with van der Waals surface area (Å²) in [6.07, 6.45) is 9.65. The largest absolute Gasteiger partial charge is 0.365 e. The minimum absolute atomic E-state index is 0.176. The molecule has 28 heavy (non-hydrogen) atoms. The topological polar surface area (TPSA) is 116 Å². The summed E-state index contributed by atoms with van der Waals surface area (Å²) in [4.78, 5) is 25.7. The minimum atomic E-state index is -0.465. The molecule has 10 heteroatoms. The van der Waals surface area contributed by atoms with Gasteiger partial charge in [0.2, 0.25) is 11.1 Å². The molecule has 2 aliphatic carbocycles. The number of thioether (sulfide) groups is 1. The second-order valence-electron chi connectivity index (χ2n) is 7.31. The molecule has 150 valence electrons. The number of primary amides is 1. The van der Waals surface area contributed by atoms with E-state index in [2.05, 4.69) is 20.8 Å². The summed E-state index contributed by atoms with van der Waals surface area (Å²) >= 11 is 2.81. The van der Waals surface area contributed by atoms with Crippen LogP contribution in [-0.2, 0) is 17.6 Å². The summed E-state index contributed by atoms with van der Waals surface area (Å²) < 4.78 is 1.84. The number of amides is 2. The molecule has 0 atom stereocenters. The number of aryl methyl sites for hydroxylation is 1. The number of carbonyl (C=O) groups excluding carboxylic acids is 2. The van der Waals surface area contributed by atoms with Crippen molar-refractivity contribution in [1.29, 1.82) is 0 Å². The Hall–Kier alpha value is -1.94. The van der Waals surface area contributed by atoms with E-state index < -0.39 is 5.91 Å². The molecule has 2 aromatic rings. The van der Waals surface area contributed by atoms with E-state index in [1.165, 1.54) is 40.8 Å². The maximum atomic E-state index is 12.5. The second-order valence-corrected chi connectivity index (χ2v) is 9.36. The molecule has 0 bridgehead atoms. The Balaban J connectivity index is 1.43. The highest BCUT2D eigenvalue weighted by molar-refractivity contribution is 7.99. The first kappa shape index (κ1) is 19.4. The average molecular weight is 421 g/mol. The van der Waals surface area contributed by atoms with Crippen LogP contribution in [0.3, 0.4) is 0 Å². The zero-order valence-electron chi connectivity index (χ0n) is 15.6. The van der Waals surface area contributed by atoms with Crippen molar-refractivity contribution < 1.29 is 9.59 Å². The van der Waals surface area contributed by atoms with Gasteiger partial charge in [0.15, 0.2) is 0 Å². The van der Waals surface area contributed by atoms with Crippen LogP contribution in [0.25, 0.3) is 0 Å². The lowest BCUT2D eigenvalue weighted by molar-refractivity contribution is -0.113. The average Bonchev–Trinajstić information content (AvgIpc) is 3.37. The SMILES string of the molecule is NC(=O)c1c(NC(=O)CSc2nnnn2C2CCCC2)sc2c1CCCCC2. The van der Waals surface area contributed by atoms with Gasteiger partial charge in [-0.2, -0.15) is 0 Å². The molecule has 2 aromatic heterocycles. The molecular weight excluding hydrogens is 396 g/mol. The van der Waals surface area contributed by atoms with Crippen molar-refractivity contribution in [1.82, 2.24) is 20.2 Å². The standard InChI is InChI=1S/C18H24N6O2S2/c19-16(26)15-12-8-2-1-3-9-13(12)28-17(15)20-14(25)10-27-18-21-22-23-24(18)11-6-4-5-7-11/h11H,1-10H2,(H2,19,26)(H,20,25). The lowest BCUT2D eigenvalue weighted by Gasteiger charge is -2.10. The maximum Gasteiger partial charge on any atom is 0.251 e. The number of tetrazole rings is 1. The molecular formula is C18H24N6O2S2. The van der Waals surface area contributed by atoms with E-state index in [0.29, 0.717) is 21.8 Å². The van der Waals surface area contributed by atoms with Crippen molar-refractivity contribution in [3.8, 4) is 0 Å². The molecule has 0 radical (unpaired) electrons. The van der Waals surface area contributed by atoms with E-state index >= 15 is 0 Å². The van der Waals surface area contributed by atoms with Crippen molar-refractivity contribution >= 4 is 39.9 Å². The van der Waals surface area contributed by atoms with Gasteiger partial charge in [0.25, 0.3) is 5.91 Å². The van der Waals surface area contributed by atoms with Crippen LogP contribution >= 0.6 is 23.1 Å². The molecule has 3 N–H and O–H groups in total. The Bertz CT molecular complexity index is 872. The molecule has 8 nitrogen and oxygen atoms in total. The van der Waals surface area contributed by atoms with Gasteiger partial charge in [-0.25, -0.2) is 4.68 Å². The van der Waals surface area contributed by atoms with Gasteiger partial charge in [0.1, 0.15) is 5.00 Å². The highest BCUT2D eigenvalue weighted by atomic mass is 32.2. The smallest absolute Gasteiger partial charge is 0.251 e. The van der Waals surface area contributed by atoms with Gasteiger partial charge < -0.3 is 11.1 Å². The lowest BCUT2D eigenvalue weighted by Crippen LogP contribution is -2.19. The van der Waals surface area contributed by atoms with Crippen molar-refractivity contribution in [3.05, 3.63) is 16.0 Å². The predicted molar refractivity (Wildman–Crippen MR) is 109 cm³/mol. The number of nitrogens with one attached hydrogen (secondary N) is 1. The summed E-state index contributed by atoms with van der Waals surface area (Å²) in [5.74, 6) is -0.453. The quantitative estimate of drug-likeness (QED) is 0.548. The monoisotopic (exact) mass is 420 g/mol. The summed E-state index contributed by atoms with van der Waals surface area (Å²) in [6, 6.07) is 0.329. The number of nitrogens with zero attached hydrogens (tertiary/aromatic N) is 4. The molecule has 2 heterocycles. The molecule has 1 saturated carbocycles. The van der Waals surface area contributed by atoms with Crippen LogP contribution in [-0.4, -0.2) is 37.8 Å². The minimum Gasteiger partial charge on any atom is -0.365 e. The molecule has 1 fully saturated rings. The van der Waals surface area contributed by atoms with Crippen LogP contribution in [0.5, 0.6) is 0 Å². The first-order chi connectivity index (χ1) is 13.6. The number of carbonyl (C=O) groups is 2. The van der Waals surface area contributed by atoms with Crippen LogP contribution < -0.4 is 11.1 Å². The molecule has 2 aliphatic rings. The van der Waals surface area contributed by atoms with Gasteiger partial charge in [-0.15, -0.1) is 16.4 Å². The fourth-order valence-corrected chi connectivity index (χ4v) is 6.10. The van der Waals surface area contributed by atoms with Crippen molar-refractivity contribution in [2.75, 3.05) is 11.1 Å². The first-order valence-electron chi connectivity index (χ1n) is 9.78. The Labute approximate surface area is 171 Å². The van der Waals surface area contributed by atoms with E-state index in [4.69, 9.17) is 5.73 Å². The summed E-state index contributed by atoms with van der Waals surface area (Å²) in [5.41, 5.74) is 7.16. The molecule has 0 saturated heterocycles. The van der Waals surface area contributed by atoms with Crippen LogP contribution in [0, 0.1) is 0 Å². The molecule has 2 amide bonds. The highest BCUT2D eigenvalue weighted by Crippen LogP contribution is 2.37. The fourth-order valence-electron chi connectivity index (χ4n) is 4.04. The van der Waals surface area contributed by atoms with Crippen LogP contribution in [0.4, 0.5) is 5.00 Å². The Kier molecular flexibility index (Phi) is 5.96. The number of anilines is 1. The van der Waals surface area contributed by atoms with Gasteiger partial charge in [0, 0.05) is 4.88 Å². The molecule has 0 aromatic carbocycles. The third kappa shape index (κ3) is 4.07. The zero-order valence-corrected chi connectivity index (χ0v) is 17.3. The van der Waals surface area contributed by atoms with Crippen molar-refractivity contribution in [2.24, 2.45) is 5.73 Å². The van der Waals surface area contributed by atoms with Gasteiger partial charge in [-0.3, -0.25) is 9.59 Å². The third-order valence-corrected chi connectivity index (χ3v) is 7.53. The van der Waals surface area contributed by atoms with Crippen molar-refractivity contribution in [3.63, 3.8) is 0 Å². The summed E-state index contributed by atoms with van der Waals surface area (Å²) in [7, 11) is 0. The van der Waals surface area contributed by atoms with E-state index in [9.17, 15) is 9.59 Å². The van der Waals surface area contributed by atoms with Gasteiger partial charge >= 0.3 is 0 Å². The highest BCUT2D eigenvalue weighted by Gasteiger charge is 2.25. The Morgan fingerprint density at radius 1 is 1.18 bits per heavy atom. The van der Waals surface area contributed by atoms with Crippen LogP contribution in [0.15, 0.2) is 5.16 Å². The normalized spacial score (nSPS) is 17.3. The Morgan fingerprint density at radius 2 is 1.96 bits per heavy atom. The molecule has 0 aliphatic heterocycles. The van der Waals surface area contributed by atoms with Gasteiger partial charge in [0.05, 0.1) is 17.4 Å². The number of hydrogen-bond donors (Lipinski definition) is 2. The van der Waals surface area contributed by atoms with E-state index in [1.807, 2.05) is 4.68 Å². The van der Waals surface area contributed by atoms with E-state index in [-0.39, 0.29) is 11.7 Å². The van der Waals surface area contributed by atoms with Gasteiger partial charge in [-0.05, 0) is 54.5 Å². The third-order valence-electron chi connectivity index (χ3n) is 5.39. The number of hydrogen-bond acceptors (Lipinski definition) is 7. The number of fused-ring (bicyclic) bond motifs is 1. The van der Waals surface area contributed by atoms with Crippen LogP contribution in [0.2, 0.25) is 0 Å². The number of nitrogens with two attached hydrogens (primary N) is 1. The van der Waals surface area contributed by atoms with Crippen LogP contribution in [0.1, 0.15) is 71.8 Å². The lowest BCUT2D eigenvalue weighted by atomic mass is 10.1. The number of rotatable bonds is 6. The number of aromatic nitrogens is 4. The van der Waals surface area contributed by atoms with Crippen molar-refractivity contribution in [2.45, 2.75) is 69.0 Å². The summed E-state index contributed by atoms with van der Waals surface area (Å²) in [6.45, 7) is 0. The van der Waals surface area contributed by atoms with E-state index in [1.54, 1.807) is 0 Å². The second kappa shape index (κ2) is 8.60. The summed E-state index contributed by atoms with van der Waals surface area (Å²) in [5, 5.41) is 16.1. The Morgan fingerprint density at radius 3 is 2.75 bits per heavy atom. The molecule has 4 rings (SSSR count). The van der Waals surface area contributed by atoms with E-state index in [0.717, 1.165) is 50.5 Å². The molecule has 0 unspecified atom stereocenters. The predicted octanol–water partition coefficient (Wildman–Crippen LogP) is 2.95. The first-order valence-corrected chi connectivity index (χ1v) is 11.6. The maximum absolute atomic E-state index is 12.5. The molecule has 0 spiro atoms. The fraction of sp³-hybridized carbons (Fsp3) is 0.611. The van der Waals surface area contributed by atoms with Gasteiger partial charge in [-0.1, -0.05) is 31.0 Å². The number of thiophene rings is 1. The zero-order chi connectivity index (χ0) is 19.5.